The number of fused-ring (bicyclic) bond motifs is 4. The zero-order valence-corrected chi connectivity index (χ0v) is 16.1. The van der Waals surface area contributed by atoms with E-state index in [1.807, 2.05) is 72.8 Å². The van der Waals surface area contributed by atoms with Crippen LogP contribution in [0.25, 0.3) is 11.1 Å². The van der Waals surface area contributed by atoms with Gasteiger partial charge in [0.05, 0.1) is 0 Å². The maximum atomic E-state index is 6.10. The van der Waals surface area contributed by atoms with E-state index in [1.54, 1.807) is 0 Å². The first-order valence-electron chi connectivity index (χ1n) is 9.88. The van der Waals surface area contributed by atoms with E-state index in [1.165, 1.54) is 0 Å². The van der Waals surface area contributed by atoms with Gasteiger partial charge in [-0.2, -0.15) is 0 Å². The topological polar surface area (TPSA) is 18.5 Å². The molecule has 4 aromatic rings. The fourth-order valence-electron chi connectivity index (χ4n) is 3.97. The summed E-state index contributed by atoms with van der Waals surface area (Å²) >= 11 is 0. The van der Waals surface area contributed by atoms with Crippen LogP contribution in [-0.4, -0.2) is 0 Å². The summed E-state index contributed by atoms with van der Waals surface area (Å²) in [5.41, 5.74) is 13.0. The lowest BCUT2D eigenvalue weighted by molar-refractivity contribution is 0.474. The van der Waals surface area contributed by atoms with Crippen LogP contribution in [0.3, 0.4) is 0 Å². The Hall–Kier alpha value is -4.22. The van der Waals surface area contributed by atoms with E-state index < -0.39 is 0 Å². The Balaban J connectivity index is 1.70. The zero-order chi connectivity index (χ0) is 19.9. The first-order chi connectivity index (χ1) is 14.9. The van der Waals surface area contributed by atoms with Crippen LogP contribution in [0.1, 0.15) is 22.3 Å². The van der Waals surface area contributed by atoms with E-state index >= 15 is 0 Å². The Kier molecular flexibility index (Phi) is 3.72. The van der Waals surface area contributed by atoms with E-state index in [9.17, 15) is 0 Å². The maximum absolute atomic E-state index is 6.10. The number of rotatable bonds is 0. The molecule has 6 rings (SSSR count). The van der Waals surface area contributed by atoms with Crippen LogP contribution in [0.5, 0.6) is 23.0 Å². The molecule has 2 nitrogen and oxygen atoms in total. The van der Waals surface area contributed by atoms with Crippen LogP contribution >= 0.6 is 0 Å². The Morgan fingerprint density at radius 2 is 0.633 bits per heavy atom. The maximum Gasteiger partial charge on any atom is 0.135 e. The van der Waals surface area contributed by atoms with Crippen LogP contribution in [0.4, 0.5) is 0 Å². The molecular formula is C28H16O2. The molecule has 2 aliphatic rings. The zero-order valence-electron chi connectivity index (χ0n) is 16.1. The van der Waals surface area contributed by atoms with Crippen molar-refractivity contribution >= 4 is 11.1 Å². The molecule has 140 valence electrons. The predicted octanol–water partition coefficient (Wildman–Crippen LogP) is 7.22. The van der Waals surface area contributed by atoms with E-state index in [4.69, 9.17) is 9.47 Å². The van der Waals surface area contributed by atoms with Gasteiger partial charge in [0.2, 0.25) is 0 Å². The second-order valence-corrected chi connectivity index (χ2v) is 7.19. The van der Waals surface area contributed by atoms with Crippen LogP contribution in [0.15, 0.2) is 109 Å². The molecule has 0 bridgehead atoms. The highest BCUT2D eigenvalue weighted by Gasteiger charge is 2.22. The van der Waals surface area contributed by atoms with Crippen molar-refractivity contribution < 1.29 is 9.47 Å². The Labute approximate surface area is 174 Å². The summed E-state index contributed by atoms with van der Waals surface area (Å²) < 4.78 is 12.2. The molecule has 0 fully saturated rings. The molecule has 0 N–H and O–H groups in total. The summed E-state index contributed by atoms with van der Waals surface area (Å²) in [6.07, 6.45) is 0. The largest absolute Gasteiger partial charge is 0.456 e. The van der Waals surface area contributed by atoms with Gasteiger partial charge in [-0.3, -0.25) is 0 Å². The molecule has 4 aromatic carbocycles. The van der Waals surface area contributed by atoms with Crippen molar-refractivity contribution in [3.8, 4) is 23.0 Å². The second-order valence-electron chi connectivity index (χ2n) is 7.19. The van der Waals surface area contributed by atoms with Crippen molar-refractivity contribution in [3.05, 3.63) is 131 Å². The summed E-state index contributed by atoms with van der Waals surface area (Å²) in [7, 11) is 0. The molecule has 2 heteroatoms. The highest BCUT2D eigenvalue weighted by Crippen LogP contribution is 2.44. The molecule has 0 amide bonds. The third kappa shape index (κ3) is 2.61. The van der Waals surface area contributed by atoms with Gasteiger partial charge in [0.25, 0.3) is 0 Å². The van der Waals surface area contributed by atoms with Gasteiger partial charge in [0.1, 0.15) is 23.0 Å². The molecule has 2 aliphatic heterocycles. The van der Waals surface area contributed by atoms with E-state index in [0.29, 0.717) is 0 Å². The van der Waals surface area contributed by atoms with Crippen molar-refractivity contribution in [1.29, 1.82) is 0 Å². The quantitative estimate of drug-likeness (QED) is 0.258. The summed E-state index contributed by atoms with van der Waals surface area (Å²) in [4.78, 5) is 0. The standard InChI is InChI=1S/C28H16O2/c1-5-13-25-21(9-1)19(22-10-2-6-14-26(22)29-25)17-18-20-23-11-3-7-15-27(23)30-28-16-8-4-12-24(20)28/h1-16H. The molecule has 0 atom stereocenters. The van der Waals surface area contributed by atoms with Gasteiger partial charge in [-0.1, -0.05) is 60.0 Å². The normalized spacial score (nSPS) is 12.8. The Morgan fingerprint density at radius 1 is 0.367 bits per heavy atom. The SMILES string of the molecule is C(=C=C1c2ccccc2Oc2ccccc21)=C1c2ccccc2Oc2ccccc21. The van der Waals surface area contributed by atoms with Crippen LogP contribution < -0.4 is 9.47 Å². The van der Waals surface area contributed by atoms with Gasteiger partial charge < -0.3 is 9.47 Å². The molecule has 2 heterocycles. The third-order valence-corrected chi connectivity index (χ3v) is 5.38. The average Bonchev–Trinajstić information content (AvgIpc) is 2.81. The molecule has 0 saturated carbocycles. The third-order valence-electron chi connectivity index (χ3n) is 5.38. The smallest absolute Gasteiger partial charge is 0.135 e. The first-order valence-corrected chi connectivity index (χ1v) is 9.88. The summed E-state index contributed by atoms with van der Waals surface area (Å²) in [5.74, 6) is 3.33. The molecule has 0 aromatic heterocycles. The van der Waals surface area contributed by atoms with Gasteiger partial charge in [0, 0.05) is 33.4 Å². The van der Waals surface area contributed by atoms with E-state index in [-0.39, 0.29) is 0 Å². The van der Waals surface area contributed by atoms with Gasteiger partial charge in [-0.25, -0.2) is 0 Å². The number of para-hydroxylation sites is 4. The monoisotopic (exact) mass is 384 g/mol. The van der Waals surface area contributed by atoms with Gasteiger partial charge in [-0.15, -0.1) is 0 Å². The van der Waals surface area contributed by atoms with E-state index in [0.717, 1.165) is 56.4 Å². The molecule has 0 radical (unpaired) electrons. The molecule has 0 saturated heterocycles. The molecular weight excluding hydrogens is 368 g/mol. The van der Waals surface area contributed by atoms with Crippen molar-refractivity contribution in [2.24, 2.45) is 0 Å². The number of hydrogen-bond acceptors (Lipinski definition) is 2. The van der Waals surface area contributed by atoms with Crippen molar-refractivity contribution in [3.63, 3.8) is 0 Å². The minimum absolute atomic E-state index is 0.832. The fourth-order valence-corrected chi connectivity index (χ4v) is 3.97. The molecule has 0 spiro atoms. The lowest BCUT2D eigenvalue weighted by atomic mass is 9.93. The average molecular weight is 384 g/mol. The lowest BCUT2D eigenvalue weighted by Gasteiger charge is -2.22. The van der Waals surface area contributed by atoms with Crippen LogP contribution in [0, 0.1) is 0 Å². The molecule has 0 unspecified atom stereocenters. The minimum atomic E-state index is 0.832. The highest BCUT2D eigenvalue weighted by atomic mass is 16.5. The van der Waals surface area contributed by atoms with Crippen LogP contribution in [0.2, 0.25) is 0 Å². The summed E-state index contributed by atoms with van der Waals surface area (Å²) in [5, 5.41) is 0. The number of hydrogen-bond donors (Lipinski definition) is 0. The second kappa shape index (κ2) is 6.69. The van der Waals surface area contributed by atoms with Crippen molar-refractivity contribution in [1.82, 2.24) is 0 Å². The van der Waals surface area contributed by atoms with Gasteiger partial charge >= 0.3 is 0 Å². The van der Waals surface area contributed by atoms with Gasteiger partial charge in [0.15, 0.2) is 0 Å². The number of benzene rings is 4. The van der Waals surface area contributed by atoms with Crippen molar-refractivity contribution in [2.45, 2.75) is 0 Å². The van der Waals surface area contributed by atoms with Crippen LogP contribution in [-0.2, 0) is 0 Å². The molecule has 30 heavy (non-hydrogen) atoms. The first kappa shape index (κ1) is 16.7. The van der Waals surface area contributed by atoms with E-state index in [2.05, 4.69) is 35.7 Å². The lowest BCUT2D eigenvalue weighted by Crippen LogP contribution is -2.02. The minimum Gasteiger partial charge on any atom is -0.456 e. The predicted molar refractivity (Wildman–Crippen MR) is 118 cm³/mol. The van der Waals surface area contributed by atoms with Crippen molar-refractivity contribution in [2.75, 3.05) is 0 Å². The number of ether oxygens (including phenoxy) is 2. The Bertz CT molecular complexity index is 1210. The fraction of sp³-hybridized carbons (Fsp3) is 0. The van der Waals surface area contributed by atoms with Gasteiger partial charge in [-0.05, 0) is 48.5 Å². The summed E-state index contributed by atoms with van der Waals surface area (Å²) in [6, 6.07) is 32.2. The highest BCUT2D eigenvalue weighted by molar-refractivity contribution is 5.90. The molecule has 0 aliphatic carbocycles. The summed E-state index contributed by atoms with van der Waals surface area (Å²) in [6.45, 7) is 0. The Morgan fingerprint density at radius 3 is 0.933 bits per heavy atom.